The van der Waals surface area contributed by atoms with Crippen LogP contribution < -0.4 is 11.1 Å². The van der Waals surface area contributed by atoms with Gasteiger partial charge in [0, 0.05) is 12.5 Å². The molecule has 0 spiro atoms. The maximum absolute atomic E-state index is 5.92. The first-order chi connectivity index (χ1) is 6.66. The SMILES string of the molecule is NC1=C[C@@H](c2ccc(Cl)c(Cl)c2)CN1. The van der Waals surface area contributed by atoms with Crippen LogP contribution in [-0.4, -0.2) is 6.54 Å². The summed E-state index contributed by atoms with van der Waals surface area (Å²) < 4.78 is 0. The second kappa shape index (κ2) is 3.71. The van der Waals surface area contributed by atoms with Gasteiger partial charge in [-0.2, -0.15) is 0 Å². The summed E-state index contributed by atoms with van der Waals surface area (Å²) in [4.78, 5) is 0. The fourth-order valence-corrected chi connectivity index (χ4v) is 1.83. The molecule has 1 atom stereocenters. The summed E-state index contributed by atoms with van der Waals surface area (Å²) in [7, 11) is 0. The van der Waals surface area contributed by atoms with E-state index in [4.69, 9.17) is 28.9 Å². The van der Waals surface area contributed by atoms with Crippen molar-refractivity contribution in [1.82, 2.24) is 5.32 Å². The van der Waals surface area contributed by atoms with Crippen molar-refractivity contribution in [3.8, 4) is 0 Å². The van der Waals surface area contributed by atoms with E-state index in [1.54, 1.807) is 0 Å². The Morgan fingerprint density at radius 3 is 2.64 bits per heavy atom. The Balaban J connectivity index is 2.29. The Morgan fingerprint density at radius 1 is 1.29 bits per heavy atom. The first-order valence-corrected chi connectivity index (χ1v) is 5.08. The number of halogens is 2. The van der Waals surface area contributed by atoms with E-state index in [9.17, 15) is 0 Å². The number of hydrogen-bond donors (Lipinski definition) is 2. The van der Waals surface area contributed by atoms with E-state index in [1.807, 2.05) is 24.3 Å². The Bertz CT molecular complexity index is 388. The Labute approximate surface area is 92.7 Å². The van der Waals surface area contributed by atoms with Gasteiger partial charge in [0.05, 0.1) is 15.9 Å². The standard InChI is InChI=1S/C10H10Cl2N2/c11-8-2-1-6(3-9(8)12)7-4-10(13)14-5-7/h1-4,7,14H,5,13H2/t7-/m1/s1. The first kappa shape index (κ1) is 9.69. The molecule has 0 fully saturated rings. The highest BCUT2D eigenvalue weighted by atomic mass is 35.5. The van der Waals surface area contributed by atoms with Crippen LogP contribution in [0.2, 0.25) is 10.0 Å². The molecule has 0 amide bonds. The lowest BCUT2D eigenvalue weighted by molar-refractivity contribution is 0.791. The average molecular weight is 229 g/mol. The molecule has 2 rings (SSSR count). The Kier molecular flexibility index (Phi) is 2.57. The zero-order valence-corrected chi connectivity index (χ0v) is 8.94. The van der Waals surface area contributed by atoms with Crippen molar-refractivity contribution in [2.24, 2.45) is 5.73 Å². The van der Waals surface area contributed by atoms with Gasteiger partial charge < -0.3 is 11.1 Å². The third-order valence-electron chi connectivity index (χ3n) is 2.28. The van der Waals surface area contributed by atoms with Crippen LogP contribution >= 0.6 is 23.2 Å². The third-order valence-corrected chi connectivity index (χ3v) is 3.02. The third kappa shape index (κ3) is 1.81. The van der Waals surface area contributed by atoms with Gasteiger partial charge in [-0.05, 0) is 23.8 Å². The Hall–Kier alpha value is -0.860. The number of nitrogens with two attached hydrogens (primary N) is 1. The smallest absolute Gasteiger partial charge is 0.0926 e. The molecule has 0 radical (unpaired) electrons. The van der Waals surface area contributed by atoms with Crippen molar-refractivity contribution in [3.63, 3.8) is 0 Å². The molecule has 1 aliphatic rings. The fourth-order valence-electron chi connectivity index (χ4n) is 1.52. The van der Waals surface area contributed by atoms with Crippen molar-refractivity contribution < 1.29 is 0 Å². The lowest BCUT2D eigenvalue weighted by Crippen LogP contribution is -2.15. The maximum atomic E-state index is 5.92. The van der Waals surface area contributed by atoms with Crippen LogP contribution in [0.15, 0.2) is 30.1 Å². The molecule has 0 aromatic heterocycles. The number of benzene rings is 1. The lowest BCUT2D eigenvalue weighted by atomic mass is 10.0. The van der Waals surface area contributed by atoms with Crippen molar-refractivity contribution in [1.29, 1.82) is 0 Å². The molecule has 3 N–H and O–H groups in total. The van der Waals surface area contributed by atoms with Gasteiger partial charge in [0.15, 0.2) is 0 Å². The fraction of sp³-hybridized carbons (Fsp3) is 0.200. The average Bonchev–Trinajstić information content (AvgIpc) is 2.57. The lowest BCUT2D eigenvalue weighted by Gasteiger charge is -2.08. The highest BCUT2D eigenvalue weighted by Crippen LogP contribution is 2.28. The predicted octanol–water partition coefficient (Wildman–Crippen LogP) is 2.48. The molecule has 0 saturated heterocycles. The first-order valence-electron chi connectivity index (χ1n) is 4.33. The van der Waals surface area contributed by atoms with E-state index < -0.39 is 0 Å². The normalized spacial score (nSPS) is 20.4. The van der Waals surface area contributed by atoms with Crippen LogP contribution in [0.3, 0.4) is 0 Å². The van der Waals surface area contributed by atoms with Crippen LogP contribution in [0.25, 0.3) is 0 Å². The maximum Gasteiger partial charge on any atom is 0.0926 e. The molecule has 4 heteroatoms. The topological polar surface area (TPSA) is 38.0 Å². The van der Waals surface area contributed by atoms with Gasteiger partial charge in [-0.1, -0.05) is 29.3 Å². The zero-order valence-electron chi connectivity index (χ0n) is 7.43. The summed E-state index contributed by atoms with van der Waals surface area (Å²) in [5, 5.41) is 4.23. The molecule has 0 unspecified atom stereocenters. The van der Waals surface area contributed by atoms with Gasteiger partial charge in [-0.15, -0.1) is 0 Å². The molecule has 1 aromatic rings. The van der Waals surface area contributed by atoms with Gasteiger partial charge in [0.2, 0.25) is 0 Å². The monoisotopic (exact) mass is 228 g/mol. The van der Waals surface area contributed by atoms with Crippen LogP contribution in [-0.2, 0) is 0 Å². The highest BCUT2D eigenvalue weighted by molar-refractivity contribution is 6.42. The van der Waals surface area contributed by atoms with Crippen LogP contribution in [0.5, 0.6) is 0 Å². The number of hydrogen-bond acceptors (Lipinski definition) is 2. The number of rotatable bonds is 1. The van der Waals surface area contributed by atoms with Crippen molar-refractivity contribution in [3.05, 3.63) is 45.7 Å². The highest BCUT2D eigenvalue weighted by Gasteiger charge is 2.15. The van der Waals surface area contributed by atoms with Crippen LogP contribution in [0, 0.1) is 0 Å². The quantitative estimate of drug-likeness (QED) is 0.776. The second-order valence-electron chi connectivity index (χ2n) is 3.28. The molecule has 2 nitrogen and oxygen atoms in total. The van der Waals surface area contributed by atoms with Gasteiger partial charge in [0.25, 0.3) is 0 Å². The molecule has 0 saturated carbocycles. The summed E-state index contributed by atoms with van der Waals surface area (Å²) in [6, 6.07) is 5.66. The molecular formula is C10H10Cl2N2. The minimum atomic E-state index is 0.296. The predicted molar refractivity (Wildman–Crippen MR) is 59.5 cm³/mol. The van der Waals surface area contributed by atoms with Crippen LogP contribution in [0.1, 0.15) is 11.5 Å². The van der Waals surface area contributed by atoms with Gasteiger partial charge in [-0.3, -0.25) is 0 Å². The van der Waals surface area contributed by atoms with Gasteiger partial charge in [-0.25, -0.2) is 0 Å². The van der Waals surface area contributed by atoms with E-state index >= 15 is 0 Å². The molecule has 14 heavy (non-hydrogen) atoms. The summed E-state index contributed by atoms with van der Waals surface area (Å²) in [5.74, 6) is 1.02. The summed E-state index contributed by atoms with van der Waals surface area (Å²) in [6.07, 6.45) is 1.99. The van der Waals surface area contributed by atoms with E-state index in [0.29, 0.717) is 16.0 Å². The van der Waals surface area contributed by atoms with Crippen molar-refractivity contribution in [2.45, 2.75) is 5.92 Å². The number of nitrogens with one attached hydrogen (secondary N) is 1. The largest absolute Gasteiger partial charge is 0.386 e. The second-order valence-corrected chi connectivity index (χ2v) is 4.10. The molecule has 0 aliphatic carbocycles. The minimum Gasteiger partial charge on any atom is -0.386 e. The van der Waals surface area contributed by atoms with Gasteiger partial charge >= 0.3 is 0 Å². The van der Waals surface area contributed by atoms with E-state index in [-0.39, 0.29) is 0 Å². The summed E-state index contributed by atoms with van der Waals surface area (Å²) in [6.45, 7) is 0.823. The molecule has 1 aromatic carbocycles. The summed E-state index contributed by atoms with van der Waals surface area (Å²) >= 11 is 11.8. The zero-order chi connectivity index (χ0) is 10.1. The molecule has 1 heterocycles. The van der Waals surface area contributed by atoms with Crippen molar-refractivity contribution in [2.75, 3.05) is 6.54 Å². The molecule has 1 aliphatic heterocycles. The van der Waals surface area contributed by atoms with E-state index in [2.05, 4.69) is 5.32 Å². The van der Waals surface area contributed by atoms with E-state index in [0.717, 1.165) is 17.9 Å². The minimum absolute atomic E-state index is 0.296. The molecular weight excluding hydrogens is 219 g/mol. The summed E-state index contributed by atoms with van der Waals surface area (Å²) in [5.41, 5.74) is 6.75. The van der Waals surface area contributed by atoms with Crippen LogP contribution in [0.4, 0.5) is 0 Å². The van der Waals surface area contributed by atoms with Crippen molar-refractivity contribution >= 4 is 23.2 Å². The molecule has 0 bridgehead atoms. The van der Waals surface area contributed by atoms with E-state index in [1.165, 1.54) is 0 Å². The Morgan fingerprint density at radius 2 is 2.07 bits per heavy atom. The van der Waals surface area contributed by atoms with Gasteiger partial charge in [0.1, 0.15) is 0 Å². The molecule has 74 valence electrons.